The Hall–Kier alpha value is -1.06. The van der Waals surface area contributed by atoms with Crippen LogP contribution < -0.4 is 5.73 Å². The van der Waals surface area contributed by atoms with Crippen LogP contribution in [0.25, 0.3) is 0 Å². The van der Waals surface area contributed by atoms with Gasteiger partial charge in [0, 0.05) is 5.56 Å². The van der Waals surface area contributed by atoms with Gasteiger partial charge in [0.05, 0.1) is 12.6 Å². The summed E-state index contributed by atoms with van der Waals surface area (Å²) in [6.45, 7) is 1.95. The van der Waals surface area contributed by atoms with Gasteiger partial charge in [0.1, 0.15) is 5.75 Å². The number of aliphatic hydroxyl groups is 1. The number of phenolic OH excluding ortho intramolecular Hbond substituents is 1. The van der Waals surface area contributed by atoms with Crippen molar-refractivity contribution < 1.29 is 10.2 Å². The second kappa shape index (κ2) is 4.98. The lowest BCUT2D eigenvalue weighted by atomic mass is 10.0. The number of phenols is 1. The van der Waals surface area contributed by atoms with Crippen molar-refractivity contribution in [1.82, 2.24) is 0 Å². The van der Waals surface area contributed by atoms with Crippen molar-refractivity contribution in [1.29, 1.82) is 0 Å². The Morgan fingerprint density at radius 3 is 2.71 bits per heavy atom. The van der Waals surface area contributed by atoms with E-state index < -0.39 is 6.04 Å². The highest BCUT2D eigenvalue weighted by molar-refractivity contribution is 5.38. The molecule has 14 heavy (non-hydrogen) atoms. The third-order valence-electron chi connectivity index (χ3n) is 2.23. The molecule has 0 unspecified atom stereocenters. The minimum atomic E-state index is -0.494. The largest absolute Gasteiger partial charge is 0.508 e. The first-order chi connectivity index (χ1) is 6.69. The van der Waals surface area contributed by atoms with Gasteiger partial charge in [-0.2, -0.15) is 0 Å². The van der Waals surface area contributed by atoms with E-state index in [9.17, 15) is 5.11 Å². The molecular weight excluding hydrogens is 178 g/mol. The third kappa shape index (κ3) is 2.47. The number of benzene rings is 1. The number of hydrogen-bond acceptors (Lipinski definition) is 3. The number of aromatic hydroxyl groups is 1. The summed E-state index contributed by atoms with van der Waals surface area (Å²) in [5.41, 5.74) is 7.42. The first kappa shape index (κ1) is 11.0. The minimum Gasteiger partial charge on any atom is -0.508 e. The maximum absolute atomic E-state index is 9.51. The van der Waals surface area contributed by atoms with Gasteiger partial charge < -0.3 is 15.9 Å². The Labute approximate surface area is 84.2 Å². The van der Waals surface area contributed by atoms with E-state index in [1.807, 2.05) is 12.1 Å². The van der Waals surface area contributed by atoms with Gasteiger partial charge in [-0.1, -0.05) is 25.5 Å². The molecule has 0 saturated heterocycles. The number of rotatable bonds is 4. The summed E-state index contributed by atoms with van der Waals surface area (Å²) in [5.74, 6) is 0.159. The second-order valence-electron chi connectivity index (χ2n) is 3.43. The van der Waals surface area contributed by atoms with E-state index in [1.165, 1.54) is 0 Å². The van der Waals surface area contributed by atoms with Crippen LogP contribution in [0.15, 0.2) is 18.2 Å². The van der Waals surface area contributed by atoms with Gasteiger partial charge in [0.15, 0.2) is 0 Å². The average molecular weight is 195 g/mol. The monoisotopic (exact) mass is 195 g/mol. The first-order valence-electron chi connectivity index (χ1n) is 4.87. The fourth-order valence-electron chi connectivity index (χ4n) is 1.44. The zero-order chi connectivity index (χ0) is 10.6. The van der Waals surface area contributed by atoms with Gasteiger partial charge >= 0.3 is 0 Å². The topological polar surface area (TPSA) is 66.5 Å². The van der Waals surface area contributed by atoms with Crippen molar-refractivity contribution in [3.8, 4) is 5.75 Å². The number of aliphatic hydroxyl groups excluding tert-OH is 1. The molecule has 0 bridgehead atoms. The molecule has 78 valence electrons. The molecule has 0 fully saturated rings. The van der Waals surface area contributed by atoms with Crippen LogP contribution in [0.2, 0.25) is 0 Å². The lowest BCUT2D eigenvalue weighted by molar-refractivity contribution is 0.265. The summed E-state index contributed by atoms with van der Waals surface area (Å²) in [4.78, 5) is 0. The zero-order valence-electron chi connectivity index (χ0n) is 8.40. The molecule has 0 spiro atoms. The van der Waals surface area contributed by atoms with Crippen molar-refractivity contribution >= 4 is 0 Å². The lowest BCUT2D eigenvalue weighted by Crippen LogP contribution is -2.14. The predicted molar refractivity (Wildman–Crippen MR) is 56.1 cm³/mol. The quantitative estimate of drug-likeness (QED) is 0.679. The van der Waals surface area contributed by atoms with Crippen molar-refractivity contribution in [2.24, 2.45) is 5.73 Å². The highest BCUT2D eigenvalue weighted by Crippen LogP contribution is 2.24. The molecule has 1 rings (SSSR count). The molecule has 1 aromatic carbocycles. The molecule has 1 aromatic rings. The average Bonchev–Trinajstić information content (AvgIpc) is 2.20. The Morgan fingerprint density at radius 2 is 2.14 bits per heavy atom. The number of hydrogen-bond donors (Lipinski definition) is 3. The van der Waals surface area contributed by atoms with Gasteiger partial charge in [-0.05, 0) is 18.1 Å². The van der Waals surface area contributed by atoms with Crippen molar-refractivity contribution in [3.05, 3.63) is 29.3 Å². The van der Waals surface area contributed by atoms with Crippen molar-refractivity contribution in [2.45, 2.75) is 25.8 Å². The van der Waals surface area contributed by atoms with Crippen LogP contribution >= 0.6 is 0 Å². The molecule has 4 N–H and O–H groups in total. The van der Waals surface area contributed by atoms with Crippen LogP contribution in [-0.2, 0) is 6.42 Å². The van der Waals surface area contributed by atoms with Crippen molar-refractivity contribution in [3.63, 3.8) is 0 Å². The second-order valence-corrected chi connectivity index (χ2v) is 3.43. The molecule has 0 heterocycles. The van der Waals surface area contributed by atoms with E-state index in [0.717, 1.165) is 18.4 Å². The smallest absolute Gasteiger partial charge is 0.120 e. The Bertz CT molecular complexity index is 299. The van der Waals surface area contributed by atoms with Gasteiger partial charge in [-0.3, -0.25) is 0 Å². The van der Waals surface area contributed by atoms with Crippen LogP contribution in [0.4, 0.5) is 0 Å². The van der Waals surface area contributed by atoms with E-state index in [2.05, 4.69) is 6.92 Å². The van der Waals surface area contributed by atoms with Crippen LogP contribution in [0.1, 0.15) is 30.5 Å². The molecule has 3 nitrogen and oxygen atoms in total. The molecule has 1 atom stereocenters. The molecule has 0 radical (unpaired) electrons. The van der Waals surface area contributed by atoms with Crippen molar-refractivity contribution in [2.75, 3.05) is 6.61 Å². The molecule has 0 aliphatic heterocycles. The Balaban J connectivity index is 2.95. The SMILES string of the molecule is CCCc1ccc(O)c([C@@H](N)CO)c1. The lowest BCUT2D eigenvalue weighted by Gasteiger charge is -2.12. The number of aryl methyl sites for hydroxylation is 1. The Morgan fingerprint density at radius 1 is 1.43 bits per heavy atom. The summed E-state index contributed by atoms with van der Waals surface area (Å²) in [6.07, 6.45) is 2.02. The fourth-order valence-corrected chi connectivity index (χ4v) is 1.44. The maximum atomic E-state index is 9.51. The molecular formula is C11H17NO2. The minimum absolute atomic E-state index is 0.150. The summed E-state index contributed by atoms with van der Waals surface area (Å²) in [7, 11) is 0. The Kier molecular flexibility index (Phi) is 3.92. The maximum Gasteiger partial charge on any atom is 0.120 e. The standard InChI is InChI=1S/C11H17NO2/c1-2-3-8-4-5-11(14)9(6-8)10(12)7-13/h4-6,10,13-14H,2-3,7,12H2,1H3/t10-/m0/s1. The van der Waals surface area contributed by atoms with Gasteiger partial charge in [-0.15, -0.1) is 0 Å². The fraction of sp³-hybridized carbons (Fsp3) is 0.455. The van der Waals surface area contributed by atoms with Crippen LogP contribution in [0.3, 0.4) is 0 Å². The molecule has 0 saturated carbocycles. The summed E-state index contributed by atoms with van der Waals surface area (Å²) in [5, 5.41) is 18.4. The first-order valence-corrected chi connectivity index (χ1v) is 4.87. The summed E-state index contributed by atoms with van der Waals surface area (Å²) < 4.78 is 0. The van der Waals surface area contributed by atoms with E-state index in [4.69, 9.17) is 10.8 Å². The van der Waals surface area contributed by atoms with Gasteiger partial charge in [0.25, 0.3) is 0 Å². The molecule has 0 aromatic heterocycles. The summed E-state index contributed by atoms with van der Waals surface area (Å²) >= 11 is 0. The zero-order valence-corrected chi connectivity index (χ0v) is 8.40. The molecule has 3 heteroatoms. The van der Waals surface area contributed by atoms with Gasteiger partial charge in [-0.25, -0.2) is 0 Å². The number of nitrogens with two attached hydrogens (primary N) is 1. The van der Waals surface area contributed by atoms with E-state index in [1.54, 1.807) is 6.07 Å². The van der Waals surface area contributed by atoms with Crippen LogP contribution in [-0.4, -0.2) is 16.8 Å². The predicted octanol–water partition coefficient (Wildman–Crippen LogP) is 1.34. The van der Waals surface area contributed by atoms with Crippen LogP contribution in [0, 0.1) is 0 Å². The molecule has 0 aliphatic carbocycles. The highest BCUT2D eigenvalue weighted by Gasteiger charge is 2.10. The van der Waals surface area contributed by atoms with E-state index in [0.29, 0.717) is 5.56 Å². The van der Waals surface area contributed by atoms with Crippen LogP contribution in [0.5, 0.6) is 5.75 Å². The van der Waals surface area contributed by atoms with E-state index in [-0.39, 0.29) is 12.4 Å². The molecule has 0 aliphatic rings. The van der Waals surface area contributed by atoms with Gasteiger partial charge in [0.2, 0.25) is 0 Å². The molecule has 0 amide bonds. The summed E-state index contributed by atoms with van der Waals surface area (Å²) in [6, 6.07) is 4.88. The normalized spacial score (nSPS) is 12.8. The third-order valence-corrected chi connectivity index (χ3v) is 2.23. The highest BCUT2D eigenvalue weighted by atomic mass is 16.3. The van der Waals surface area contributed by atoms with E-state index >= 15 is 0 Å².